The van der Waals surface area contributed by atoms with Crippen molar-refractivity contribution in [2.24, 2.45) is 0 Å². The molecule has 2 rings (SSSR count). The van der Waals surface area contributed by atoms with E-state index in [4.69, 9.17) is 0 Å². The van der Waals surface area contributed by atoms with E-state index in [9.17, 15) is 9.59 Å². The van der Waals surface area contributed by atoms with Gasteiger partial charge in [0.25, 0.3) is 0 Å². The first-order valence-corrected chi connectivity index (χ1v) is 8.24. The van der Waals surface area contributed by atoms with Crippen LogP contribution in [0, 0.1) is 0 Å². The van der Waals surface area contributed by atoms with Crippen molar-refractivity contribution >= 4 is 34.6 Å². The molecule has 1 heterocycles. The number of amides is 2. The van der Waals surface area contributed by atoms with Gasteiger partial charge in [-0.25, -0.2) is 4.98 Å². The minimum absolute atomic E-state index is 0.0201. The number of imidazole rings is 1. The third kappa shape index (κ3) is 4.49. The molecule has 1 aromatic heterocycles. The van der Waals surface area contributed by atoms with Gasteiger partial charge in [-0.3, -0.25) is 9.59 Å². The number of likely N-dealkylation sites (N-methyl/N-ethyl adjacent to an activating group) is 1. The van der Waals surface area contributed by atoms with Crippen LogP contribution in [0.1, 0.15) is 24.9 Å². The Labute approximate surface area is 133 Å². The minimum Gasteiger partial charge on any atom is -0.355 e. The average molecular weight is 320 g/mol. The molecule has 1 aromatic carbocycles. The highest BCUT2D eigenvalue weighted by Gasteiger charge is 2.13. The molecule has 0 radical (unpaired) electrons. The van der Waals surface area contributed by atoms with E-state index < -0.39 is 0 Å². The molecule has 0 spiro atoms. The summed E-state index contributed by atoms with van der Waals surface area (Å²) in [7, 11) is 0. The number of aromatic nitrogens is 2. The summed E-state index contributed by atoms with van der Waals surface area (Å²) in [5.74, 6) is 0.811. The first-order chi connectivity index (χ1) is 10.6. The first-order valence-electron chi connectivity index (χ1n) is 7.19. The van der Waals surface area contributed by atoms with Crippen molar-refractivity contribution in [1.82, 2.24) is 20.6 Å². The van der Waals surface area contributed by atoms with E-state index in [0.29, 0.717) is 6.54 Å². The number of para-hydroxylation sites is 2. The van der Waals surface area contributed by atoms with Gasteiger partial charge in [0.1, 0.15) is 5.82 Å². The van der Waals surface area contributed by atoms with Crippen molar-refractivity contribution in [3.8, 4) is 0 Å². The Morgan fingerprint density at radius 2 is 2.05 bits per heavy atom. The summed E-state index contributed by atoms with van der Waals surface area (Å²) in [6.45, 7) is 4.42. The lowest BCUT2D eigenvalue weighted by atomic mass is 10.3. The Bertz CT molecular complexity index is 623. The lowest BCUT2D eigenvalue weighted by Crippen LogP contribution is -2.37. The van der Waals surface area contributed by atoms with Gasteiger partial charge in [0.15, 0.2) is 0 Å². The van der Waals surface area contributed by atoms with Gasteiger partial charge in [-0.1, -0.05) is 12.1 Å². The lowest BCUT2D eigenvalue weighted by Gasteiger charge is -2.09. The summed E-state index contributed by atoms with van der Waals surface area (Å²) in [6, 6.07) is 7.82. The highest BCUT2D eigenvalue weighted by atomic mass is 32.2. The van der Waals surface area contributed by atoms with Crippen molar-refractivity contribution < 1.29 is 9.59 Å². The molecule has 2 amide bonds. The van der Waals surface area contributed by atoms with E-state index in [-0.39, 0.29) is 29.4 Å². The molecule has 0 aliphatic heterocycles. The zero-order valence-corrected chi connectivity index (χ0v) is 13.5. The number of hydrogen-bond acceptors (Lipinski definition) is 4. The molecule has 7 heteroatoms. The molecule has 3 N–H and O–H groups in total. The first kappa shape index (κ1) is 16.4. The van der Waals surface area contributed by atoms with Gasteiger partial charge in [-0.05, 0) is 26.0 Å². The van der Waals surface area contributed by atoms with E-state index in [1.165, 1.54) is 11.8 Å². The number of benzene rings is 1. The standard InChI is InChI=1S/C15H20N4O2S/c1-3-16-13(20)8-17-14(21)9-22-10(2)15-18-11-6-4-5-7-12(11)19-15/h4-7,10H,3,8-9H2,1-2H3,(H,16,20)(H,17,21)(H,18,19)/t10-/m0/s1. The number of carbonyl (C=O) groups is 2. The predicted octanol–water partition coefficient (Wildman–Crippen LogP) is 1.61. The van der Waals surface area contributed by atoms with E-state index >= 15 is 0 Å². The summed E-state index contributed by atoms with van der Waals surface area (Å²) in [5.41, 5.74) is 1.91. The fourth-order valence-electron chi connectivity index (χ4n) is 1.93. The summed E-state index contributed by atoms with van der Waals surface area (Å²) in [6.07, 6.45) is 0. The largest absolute Gasteiger partial charge is 0.355 e. The minimum atomic E-state index is -0.175. The molecule has 2 aromatic rings. The monoisotopic (exact) mass is 320 g/mol. The number of carbonyl (C=O) groups excluding carboxylic acids is 2. The number of nitrogens with one attached hydrogen (secondary N) is 3. The molecule has 0 fully saturated rings. The van der Waals surface area contributed by atoms with Gasteiger partial charge in [-0.15, -0.1) is 11.8 Å². The molecule has 0 bridgehead atoms. The van der Waals surface area contributed by atoms with Gasteiger partial charge in [0.2, 0.25) is 11.8 Å². The van der Waals surface area contributed by atoms with Crippen LogP contribution in [0.2, 0.25) is 0 Å². The van der Waals surface area contributed by atoms with E-state index in [1.54, 1.807) is 0 Å². The number of thioether (sulfide) groups is 1. The van der Waals surface area contributed by atoms with Crippen LogP contribution in [0.3, 0.4) is 0 Å². The molecule has 0 saturated carbocycles. The summed E-state index contributed by atoms with van der Waals surface area (Å²) in [4.78, 5) is 30.8. The van der Waals surface area contributed by atoms with Crippen LogP contribution in [0.25, 0.3) is 11.0 Å². The fourth-order valence-corrected chi connectivity index (χ4v) is 2.71. The normalized spacial score (nSPS) is 12.1. The summed E-state index contributed by atoms with van der Waals surface area (Å²) < 4.78 is 0. The number of H-pyrrole nitrogens is 1. The van der Waals surface area contributed by atoms with E-state index in [2.05, 4.69) is 20.6 Å². The maximum absolute atomic E-state index is 11.7. The maximum atomic E-state index is 11.7. The second kappa shape index (κ2) is 7.84. The predicted molar refractivity (Wildman–Crippen MR) is 88.7 cm³/mol. The molecule has 22 heavy (non-hydrogen) atoms. The fraction of sp³-hybridized carbons (Fsp3) is 0.400. The Balaban J connectivity index is 1.80. The van der Waals surface area contributed by atoms with Gasteiger partial charge < -0.3 is 15.6 Å². The summed E-state index contributed by atoms with van der Waals surface area (Å²) >= 11 is 1.48. The van der Waals surface area contributed by atoms with E-state index in [0.717, 1.165) is 16.9 Å². The zero-order chi connectivity index (χ0) is 15.9. The Morgan fingerprint density at radius 1 is 1.27 bits per heavy atom. The lowest BCUT2D eigenvalue weighted by molar-refractivity contribution is -0.124. The zero-order valence-electron chi connectivity index (χ0n) is 12.7. The summed E-state index contributed by atoms with van der Waals surface area (Å²) in [5, 5.41) is 5.30. The van der Waals surface area contributed by atoms with E-state index in [1.807, 2.05) is 38.1 Å². The smallest absolute Gasteiger partial charge is 0.239 e. The van der Waals surface area contributed by atoms with Crippen molar-refractivity contribution in [2.75, 3.05) is 18.8 Å². The van der Waals surface area contributed by atoms with Crippen LogP contribution in [0.15, 0.2) is 24.3 Å². The van der Waals surface area contributed by atoms with Crippen LogP contribution in [-0.4, -0.2) is 40.6 Å². The third-order valence-corrected chi connectivity index (χ3v) is 4.23. The van der Waals surface area contributed by atoms with Crippen LogP contribution in [-0.2, 0) is 9.59 Å². The third-order valence-electron chi connectivity index (χ3n) is 3.08. The Kier molecular flexibility index (Phi) is 5.83. The molecule has 6 nitrogen and oxygen atoms in total. The number of rotatable bonds is 7. The average Bonchev–Trinajstić information content (AvgIpc) is 2.95. The maximum Gasteiger partial charge on any atom is 0.239 e. The van der Waals surface area contributed by atoms with Crippen molar-refractivity contribution in [2.45, 2.75) is 19.1 Å². The topological polar surface area (TPSA) is 86.9 Å². The number of fused-ring (bicyclic) bond motifs is 1. The number of hydrogen-bond donors (Lipinski definition) is 3. The van der Waals surface area contributed by atoms with Gasteiger partial charge in [0.05, 0.1) is 28.6 Å². The second-order valence-electron chi connectivity index (χ2n) is 4.82. The molecular formula is C15H20N4O2S. The molecule has 0 unspecified atom stereocenters. The quantitative estimate of drug-likeness (QED) is 0.723. The molecule has 0 aliphatic rings. The highest BCUT2D eigenvalue weighted by Crippen LogP contribution is 2.27. The van der Waals surface area contributed by atoms with Gasteiger partial charge in [0, 0.05) is 6.54 Å². The Morgan fingerprint density at radius 3 is 2.77 bits per heavy atom. The molecule has 0 aliphatic carbocycles. The van der Waals surface area contributed by atoms with Gasteiger partial charge in [-0.2, -0.15) is 0 Å². The van der Waals surface area contributed by atoms with Crippen molar-refractivity contribution in [1.29, 1.82) is 0 Å². The molecule has 118 valence electrons. The van der Waals surface area contributed by atoms with Crippen LogP contribution in [0.5, 0.6) is 0 Å². The molecule has 0 saturated heterocycles. The second-order valence-corrected chi connectivity index (χ2v) is 6.15. The van der Waals surface area contributed by atoms with Crippen LogP contribution < -0.4 is 10.6 Å². The SMILES string of the molecule is CCNC(=O)CNC(=O)CS[C@@H](C)c1nc2ccccc2[nH]1. The van der Waals surface area contributed by atoms with Gasteiger partial charge >= 0.3 is 0 Å². The van der Waals surface area contributed by atoms with Crippen molar-refractivity contribution in [3.63, 3.8) is 0 Å². The number of aromatic amines is 1. The van der Waals surface area contributed by atoms with Crippen molar-refractivity contribution in [3.05, 3.63) is 30.1 Å². The van der Waals surface area contributed by atoms with Crippen LogP contribution >= 0.6 is 11.8 Å². The highest BCUT2D eigenvalue weighted by molar-refractivity contribution is 8.00. The van der Waals surface area contributed by atoms with Crippen LogP contribution in [0.4, 0.5) is 0 Å². The molecular weight excluding hydrogens is 300 g/mol. The molecule has 1 atom stereocenters. The Hall–Kier alpha value is -2.02. The number of nitrogens with zero attached hydrogens (tertiary/aromatic N) is 1.